The van der Waals surface area contributed by atoms with E-state index in [2.05, 4.69) is 4.40 Å². The molecule has 1 atom stereocenters. The van der Waals surface area contributed by atoms with Gasteiger partial charge < -0.3 is 4.74 Å². The van der Waals surface area contributed by atoms with Gasteiger partial charge in [0.2, 0.25) is 0 Å². The summed E-state index contributed by atoms with van der Waals surface area (Å²) >= 11 is 0. The summed E-state index contributed by atoms with van der Waals surface area (Å²) in [6.07, 6.45) is 1.63. The summed E-state index contributed by atoms with van der Waals surface area (Å²) in [7, 11) is -1.24. The number of para-hydroxylation sites is 1. The van der Waals surface area contributed by atoms with E-state index in [0.717, 1.165) is 17.1 Å². The van der Waals surface area contributed by atoms with Crippen molar-refractivity contribution in [2.45, 2.75) is 25.5 Å². The monoisotopic (exact) mass is 301 g/mol. The molecule has 0 saturated carbocycles. The summed E-state index contributed by atoms with van der Waals surface area (Å²) in [5.74, 6) is 1.56. The van der Waals surface area contributed by atoms with E-state index in [-0.39, 0.29) is 4.75 Å². The van der Waals surface area contributed by atoms with Crippen molar-refractivity contribution in [1.82, 2.24) is 0 Å². The molecule has 0 bridgehead atoms. The van der Waals surface area contributed by atoms with Gasteiger partial charge >= 0.3 is 0 Å². The Labute approximate surface area is 128 Å². The Bertz CT molecular complexity index is 628. The minimum atomic E-state index is -1.24. The van der Waals surface area contributed by atoms with Gasteiger partial charge in [0.15, 0.2) is 0 Å². The molecule has 0 aromatic heterocycles. The van der Waals surface area contributed by atoms with E-state index >= 15 is 0 Å². The first-order valence-electron chi connectivity index (χ1n) is 6.74. The van der Waals surface area contributed by atoms with Crippen LogP contribution in [0.1, 0.15) is 26.3 Å². The Morgan fingerprint density at radius 3 is 2.10 bits per heavy atom. The highest BCUT2D eigenvalue weighted by molar-refractivity contribution is 7.85. The van der Waals surface area contributed by atoms with Crippen molar-refractivity contribution in [3.8, 4) is 11.5 Å². The standard InChI is InChI=1S/C17H19NO2S/c1-17(2,3)21(19)18-13-14-9-11-16(12-10-14)20-15-7-5-4-6-8-15/h4-13H,1-3H3/b18-13+/t21-/m1/s1. The molecular weight excluding hydrogens is 282 g/mol. The third-order valence-electron chi connectivity index (χ3n) is 2.68. The number of benzene rings is 2. The van der Waals surface area contributed by atoms with Crippen LogP contribution in [0, 0.1) is 0 Å². The Balaban J connectivity index is 2.03. The molecule has 0 amide bonds. The van der Waals surface area contributed by atoms with Gasteiger partial charge in [-0.3, -0.25) is 0 Å². The highest BCUT2D eigenvalue weighted by Gasteiger charge is 2.17. The lowest BCUT2D eigenvalue weighted by Gasteiger charge is -2.12. The van der Waals surface area contributed by atoms with Crippen LogP contribution in [0.4, 0.5) is 0 Å². The van der Waals surface area contributed by atoms with Crippen LogP contribution in [0.15, 0.2) is 59.0 Å². The molecule has 2 aromatic rings. The minimum Gasteiger partial charge on any atom is -0.457 e. The summed E-state index contributed by atoms with van der Waals surface area (Å²) in [5.41, 5.74) is 0.896. The molecule has 2 aromatic carbocycles. The summed E-state index contributed by atoms with van der Waals surface area (Å²) < 4.78 is 21.3. The molecule has 21 heavy (non-hydrogen) atoms. The predicted octanol–water partition coefficient (Wildman–Crippen LogP) is 4.36. The van der Waals surface area contributed by atoms with Gasteiger partial charge in [-0.1, -0.05) is 18.2 Å². The maximum absolute atomic E-state index is 11.8. The second-order valence-electron chi connectivity index (χ2n) is 5.58. The SMILES string of the molecule is CC(C)(C)[S@@](=O)/N=C/c1ccc(Oc2ccccc2)cc1. The molecule has 110 valence electrons. The predicted molar refractivity (Wildman–Crippen MR) is 88.4 cm³/mol. The lowest BCUT2D eigenvalue weighted by atomic mass is 10.2. The highest BCUT2D eigenvalue weighted by Crippen LogP contribution is 2.21. The van der Waals surface area contributed by atoms with E-state index in [1.165, 1.54) is 0 Å². The number of hydrogen-bond acceptors (Lipinski definition) is 2. The van der Waals surface area contributed by atoms with Gasteiger partial charge in [0.25, 0.3) is 0 Å². The van der Waals surface area contributed by atoms with Crippen LogP contribution in [0.2, 0.25) is 0 Å². The summed E-state index contributed by atoms with van der Waals surface area (Å²) in [4.78, 5) is 0. The van der Waals surface area contributed by atoms with Gasteiger partial charge in [-0.2, -0.15) is 4.40 Å². The maximum Gasteiger partial charge on any atom is 0.144 e. The van der Waals surface area contributed by atoms with Crippen molar-refractivity contribution < 1.29 is 8.95 Å². The van der Waals surface area contributed by atoms with Crippen LogP contribution in [0.25, 0.3) is 0 Å². The van der Waals surface area contributed by atoms with Gasteiger partial charge in [0, 0.05) is 6.21 Å². The molecule has 3 nitrogen and oxygen atoms in total. The van der Waals surface area contributed by atoms with E-state index in [1.807, 2.05) is 75.4 Å². The summed E-state index contributed by atoms with van der Waals surface area (Å²) in [5, 5.41) is 0. The molecule has 0 aliphatic heterocycles. The molecule has 0 aliphatic rings. The molecule has 0 aliphatic carbocycles. The molecule has 0 radical (unpaired) electrons. The largest absolute Gasteiger partial charge is 0.457 e. The zero-order valence-corrected chi connectivity index (χ0v) is 13.3. The average molecular weight is 301 g/mol. The van der Waals surface area contributed by atoms with Crippen LogP contribution in [-0.4, -0.2) is 15.2 Å². The topological polar surface area (TPSA) is 38.7 Å². The molecule has 0 spiro atoms. The van der Waals surface area contributed by atoms with Crippen molar-refractivity contribution in [3.63, 3.8) is 0 Å². The fraction of sp³-hybridized carbons (Fsp3) is 0.235. The first kappa shape index (κ1) is 15.4. The van der Waals surface area contributed by atoms with Crippen LogP contribution in [-0.2, 0) is 11.0 Å². The number of ether oxygens (including phenoxy) is 1. The van der Waals surface area contributed by atoms with Gasteiger partial charge in [-0.25, -0.2) is 4.21 Å². The number of hydrogen-bond donors (Lipinski definition) is 0. The Kier molecular flexibility index (Phi) is 4.91. The third kappa shape index (κ3) is 4.83. The number of rotatable bonds is 4. The van der Waals surface area contributed by atoms with E-state index in [1.54, 1.807) is 6.21 Å². The molecule has 2 rings (SSSR count). The van der Waals surface area contributed by atoms with Gasteiger partial charge in [0.05, 0.1) is 4.75 Å². The molecule has 0 unspecified atom stereocenters. The highest BCUT2D eigenvalue weighted by atomic mass is 32.2. The van der Waals surface area contributed by atoms with Crippen LogP contribution < -0.4 is 4.74 Å². The minimum absolute atomic E-state index is 0.340. The van der Waals surface area contributed by atoms with Crippen LogP contribution >= 0.6 is 0 Å². The van der Waals surface area contributed by atoms with Crippen molar-refractivity contribution in [3.05, 3.63) is 60.2 Å². The molecule has 0 N–H and O–H groups in total. The maximum atomic E-state index is 11.8. The van der Waals surface area contributed by atoms with Crippen LogP contribution in [0.5, 0.6) is 11.5 Å². The first-order valence-corrected chi connectivity index (χ1v) is 7.85. The zero-order valence-electron chi connectivity index (χ0n) is 12.4. The van der Waals surface area contributed by atoms with Crippen molar-refractivity contribution in [2.24, 2.45) is 4.40 Å². The van der Waals surface area contributed by atoms with E-state index in [4.69, 9.17) is 4.74 Å². The molecule has 4 heteroatoms. The Morgan fingerprint density at radius 1 is 0.952 bits per heavy atom. The Morgan fingerprint density at radius 2 is 1.52 bits per heavy atom. The molecule has 0 heterocycles. The smallest absolute Gasteiger partial charge is 0.144 e. The molecule has 0 saturated heterocycles. The summed E-state index contributed by atoms with van der Waals surface area (Å²) in [6, 6.07) is 17.1. The Hall–Kier alpha value is -1.94. The quantitative estimate of drug-likeness (QED) is 0.787. The lowest BCUT2D eigenvalue weighted by molar-refractivity contribution is 0.482. The fourth-order valence-corrected chi connectivity index (χ4v) is 2.05. The number of nitrogens with zero attached hydrogens (tertiary/aromatic N) is 1. The second kappa shape index (κ2) is 6.68. The van der Waals surface area contributed by atoms with Crippen molar-refractivity contribution >= 4 is 17.2 Å². The zero-order chi connectivity index (χ0) is 15.3. The average Bonchev–Trinajstić information content (AvgIpc) is 2.46. The third-order valence-corrected chi connectivity index (χ3v) is 4.02. The van der Waals surface area contributed by atoms with E-state index in [0.29, 0.717) is 0 Å². The first-order chi connectivity index (χ1) is 9.95. The summed E-state index contributed by atoms with van der Waals surface area (Å²) in [6.45, 7) is 5.70. The van der Waals surface area contributed by atoms with Gasteiger partial charge in [0.1, 0.15) is 22.5 Å². The molecular formula is C17H19NO2S. The van der Waals surface area contributed by atoms with E-state index in [9.17, 15) is 4.21 Å². The van der Waals surface area contributed by atoms with Gasteiger partial charge in [-0.15, -0.1) is 0 Å². The van der Waals surface area contributed by atoms with Crippen LogP contribution in [0.3, 0.4) is 0 Å². The lowest BCUT2D eigenvalue weighted by Crippen LogP contribution is -2.19. The normalized spacial score (nSPS) is 13.3. The van der Waals surface area contributed by atoms with Gasteiger partial charge in [-0.05, 0) is 62.7 Å². The fourth-order valence-electron chi connectivity index (χ4n) is 1.51. The molecule has 0 fully saturated rings. The van der Waals surface area contributed by atoms with Crippen molar-refractivity contribution in [2.75, 3.05) is 0 Å². The van der Waals surface area contributed by atoms with E-state index < -0.39 is 11.0 Å². The second-order valence-corrected chi connectivity index (χ2v) is 7.51. The van der Waals surface area contributed by atoms with Crippen molar-refractivity contribution in [1.29, 1.82) is 0 Å².